The van der Waals surface area contributed by atoms with E-state index < -0.39 is 11.1 Å². The second kappa shape index (κ2) is 3.84. The molecule has 0 N–H and O–H groups in total. The minimum Gasteiger partial charge on any atom is -0.280 e. The van der Waals surface area contributed by atoms with E-state index in [-0.39, 0.29) is 11.8 Å². The van der Waals surface area contributed by atoms with Crippen LogP contribution in [-0.2, 0) is 9.59 Å². The van der Waals surface area contributed by atoms with Crippen molar-refractivity contribution < 1.29 is 9.59 Å². The molecule has 1 saturated heterocycles. The first kappa shape index (κ1) is 13.2. The average Bonchev–Trinajstić information content (AvgIpc) is 2.16. The quantitative estimate of drug-likeness (QED) is 0.665. The van der Waals surface area contributed by atoms with Gasteiger partial charge < -0.3 is 0 Å². The fourth-order valence-corrected chi connectivity index (χ4v) is 2.76. The third-order valence-corrected chi connectivity index (χ3v) is 3.52. The summed E-state index contributed by atoms with van der Waals surface area (Å²) in [5.74, 6) is -0.192. The first-order valence-corrected chi connectivity index (χ1v) is 5.85. The summed E-state index contributed by atoms with van der Waals surface area (Å²) in [7, 11) is 0. The molecule has 1 aliphatic rings. The molecule has 0 aliphatic carbocycles. The van der Waals surface area contributed by atoms with Crippen LogP contribution in [0.3, 0.4) is 0 Å². The number of carbonyl (C=O) groups is 2. The van der Waals surface area contributed by atoms with Gasteiger partial charge in [0.05, 0.1) is 11.1 Å². The summed E-state index contributed by atoms with van der Waals surface area (Å²) >= 11 is 0. The molecule has 0 radical (unpaired) electrons. The number of carbonyl (C=O) groups excluding carboxylic acids is 2. The number of hydrogen-bond donors (Lipinski definition) is 0. The van der Waals surface area contributed by atoms with Crippen molar-refractivity contribution in [1.82, 2.24) is 9.80 Å². The number of nitrogens with zero attached hydrogens (tertiary/aromatic N) is 2. The first-order valence-electron chi connectivity index (χ1n) is 5.85. The van der Waals surface area contributed by atoms with Gasteiger partial charge in [-0.25, -0.2) is 0 Å². The Morgan fingerprint density at radius 3 is 1.50 bits per heavy atom. The van der Waals surface area contributed by atoms with Gasteiger partial charge in [-0.1, -0.05) is 6.92 Å². The molecule has 4 nitrogen and oxygen atoms in total. The molecule has 92 valence electrons. The SMILES string of the molecule is CCN1C(=O)C(C)(C)N(CC)C(C)(C)C1=O. The van der Waals surface area contributed by atoms with Gasteiger partial charge in [-0.05, 0) is 41.2 Å². The lowest BCUT2D eigenvalue weighted by Gasteiger charge is -2.53. The summed E-state index contributed by atoms with van der Waals surface area (Å²) in [6, 6.07) is 0. The number of imide groups is 1. The summed E-state index contributed by atoms with van der Waals surface area (Å²) in [6.45, 7) is 12.5. The molecule has 0 aromatic rings. The van der Waals surface area contributed by atoms with Gasteiger partial charge >= 0.3 is 0 Å². The standard InChI is InChI=1S/C12H22N2O2/c1-7-13-9(15)11(3,4)14(8-2)12(5,6)10(13)16/h7-8H2,1-6H3. The molecule has 16 heavy (non-hydrogen) atoms. The van der Waals surface area contributed by atoms with Crippen LogP contribution in [0.5, 0.6) is 0 Å². The lowest BCUT2D eigenvalue weighted by Crippen LogP contribution is -2.73. The number of piperazine rings is 1. The molecule has 0 spiro atoms. The van der Waals surface area contributed by atoms with E-state index in [1.807, 2.05) is 46.4 Å². The van der Waals surface area contributed by atoms with E-state index in [9.17, 15) is 9.59 Å². The molecule has 4 heteroatoms. The van der Waals surface area contributed by atoms with E-state index in [1.165, 1.54) is 4.90 Å². The van der Waals surface area contributed by atoms with Gasteiger partial charge in [-0.3, -0.25) is 19.4 Å². The Bertz CT molecular complexity index is 293. The lowest BCUT2D eigenvalue weighted by atomic mass is 9.86. The minimum absolute atomic E-state index is 0.0961. The zero-order valence-electron chi connectivity index (χ0n) is 11.1. The van der Waals surface area contributed by atoms with E-state index in [0.29, 0.717) is 13.1 Å². The van der Waals surface area contributed by atoms with Crippen LogP contribution in [0, 0.1) is 0 Å². The summed E-state index contributed by atoms with van der Waals surface area (Å²) in [6.07, 6.45) is 0. The van der Waals surface area contributed by atoms with Gasteiger partial charge in [0.15, 0.2) is 0 Å². The summed E-state index contributed by atoms with van der Waals surface area (Å²) in [4.78, 5) is 27.8. The Hall–Kier alpha value is -0.900. The van der Waals surface area contributed by atoms with Crippen molar-refractivity contribution in [2.24, 2.45) is 0 Å². The molecule has 1 fully saturated rings. The number of amides is 2. The second-order valence-corrected chi connectivity index (χ2v) is 5.22. The van der Waals surface area contributed by atoms with Crippen LogP contribution >= 0.6 is 0 Å². The normalized spacial score (nSPS) is 25.0. The van der Waals surface area contributed by atoms with Crippen LogP contribution in [0.25, 0.3) is 0 Å². The van der Waals surface area contributed by atoms with Crippen LogP contribution in [0.15, 0.2) is 0 Å². The maximum atomic E-state index is 12.2. The molecular formula is C12H22N2O2. The predicted octanol–water partition coefficient (Wildman–Crippen LogP) is 1.25. The van der Waals surface area contributed by atoms with Crippen molar-refractivity contribution in [3.05, 3.63) is 0 Å². The third kappa shape index (κ3) is 1.56. The summed E-state index contributed by atoms with van der Waals surface area (Å²) in [5, 5.41) is 0. The van der Waals surface area contributed by atoms with Gasteiger partial charge in [0.2, 0.25) is 11.8 Å². The molecule has 1 heterocycles. The van der Waals surface area contributed by atoms with Gasteiger partial charge in [0.25, 0.3) is 0 Å². The maximum absolute atomic E-state index is 12.2. The van der Waals surface area contributed by atoms with Crippen LogP contribution < -0.4 is 0 Å². The second-order valence-electron chi connectivity index (χ2n) is 5.22. The fraction of sp³-hybridized carbons (Fsp3) is 0.833. The van der Waals surface area contributed by atoms with Crippen molar-refractivity contribution in [3.8, 4) is 0 Å². The zero-order chi connectivity index (χ0) is 12.7. The smallest absolute Gasteiger partial charge is 0.249 e. The molecular weight excluding hydrogens is 204 g/mol. The van der Waals surface area contributed by atoms with Crippen LogP contribution in [0.2, 0.25) is 0 Å². The van der Waals surface area contributed by atoms with Gasteiger partial charge in [0, 0.05) is 6.54 Å². The van der Waals surface area contributed by atoms with E-state index >= 15 is 0 Å². The molecule has 1 rings (SSSR count). The topological polar surface area (TPSA) is 40.6 Å². The highest BCUT2D eigenvalue weighted by Gasteiger charge is 2.54. The molecule has 1 aliphatic heterocycles. The molecule has 0 saturated carbocycles. The van der Waals surface area contributed by atoms with Gasteiger partial charge in [0.1, 0.15) is 0 Å². The molecule has 0 aromatic heterocycles. The first-order chi connectivity index (χ1) is 7.21. The van der Waals surface area contributed by atoms with Crippen LogP contribution in [0.4, 0.5) is 0 Å². The monoisotopic (exact) mass is 226 g/mol. The largest absolute Gasteiger partial charge is 0.280 e. The Morgan fingerprint density at radius 1 is 0.875 bits per heavy atom. The van der Waals surface area contributed by atoms with Crippen molar-refractivity contribution in [2.75, 3.05) is 13.1 Å². The maximum Gasteiger partial charge on any atom is 0.249 e. The van der Waals surface area contributed by atoms with Crippen molar-refractivity contribution >= 4 is 11.8 Å². The lowest BCUT2D eigenvalue weighted by molar-refractivity contribution is -0.173. The zero-order valence-corrected chi connectivity index (χ0v) is 11.1. The van der Waals surface area contributed by atoms with Crippen molar-refractivity contribution in [1.29, 1.82) is 0 Å². The Balaban J connectivity index is 3.26. The highest BCUT2D eigenvalue weighted by Crippen LogP contribution is 2.33. The van der Waals surface area contributed by atoms with Crippen molar-refractivity contribution in [3.63, 3.8) is 0 Å². The van der Waals surface area contributed by atoms with E-state index in [1.54, 1.807) is 0 Å². The van der Waals surface area contributed by atoms with E-state index in [0.717, 1.165) is 0 Å². The van der Waals surface area contributed by atoms with Crippen LogP contribution in [0.1, 0.15) is 41.5 Å². The predicted molar refractivity (Wildman–Crippen MR) is 62.9 cm³/mol. The average molecular weight is 226 g/mol. The third-order valence-electron chi connectivity index (χ3n) is 3.52. The highest BCUT2D eigenvalue weighted by molar-refractivity contribution is 6.06. The molecule has 0 unspecified atom stereocenters. The fourth-order valence-electron chi connectivity index (χ4n) is 2.76. The van der Waals surface area contributed by atoms with Gasteiger partial charge in [-0.15, -0.1) is 0 Å². The summed E-state index contributed by atoms with van der Waals surface area (Å²) < 4.78 is 0. The molecule has 2 amide bonds. The van der Waals surface area contributed by atoms with Gasteiger partial charge in [-0.2, -0.15) is 0 Å². The number of rotatable bonds is 2. The molecule has 0 atom stereocenters. The highest BCUT2D eigenvalue weighted by atomic mass is 16.2. The van der Waals surface area contributed by atoms with Crippen molar-refractivity contribution in [2.45, 2.75) is 52.6 Å². The Labute approximate surface area is 97.6 Å². The number of hydrogen-bond acceptors (Lipinski definition) is 3. The Morgan fingerprint density at radius 2 is 1.25 bits per heavy atom. The van der Waals surface area contributed by atoms with Crippen LogP contribution in [-0.4, -0.2) is 45.8 Å². The Kier molecular flexibility index (Phi) is 3.16. The summed E-state index contributed by atoms with van der Waals surface area (Å²) in [5.41, 5.74) is -1.22. The molecule has 0 bridgehead atoms. The molecule has 0 aromatic carbocycles. The van der Waals surface area contributed by atoms with E-state index in [2.05, 4.69) is 0 Å². The number of likely N-dealkylation sites (N-methyl/N-ethyl adjacent to an activating group) is 2. The van der Waals surface area contributed by atoms with E-state index in [4.69, 9.17) is 0 Å². The minimum atomic E-state index is -0.609.